The first-order valence-corrected chi connectivity index (χ1v) is 5.53. The van der Waals surface area contributed by atoms with E-state index in [1.54, 1.807) is 6.07 Å². The summed E-state index contributed by atoms with van der Waals surface area (Å²) in [6.07, 6.45) is 0.960. The van der Waals surface area contributed by atoms with Gasteiger partial charge in [-0.3, -0.25) is 0 Å². The molecule has 2 aliphatic rings. The number of nitrogens with one attached hydrogen (secondary N) is 1. The van der Waals surface area contributed by atoms with Crippen molar-refractivity contribution >= 4 is 5.57 Å². The minimum Gasteiger partial charge on any atom is -0.493 e. The zero-order valence-electron chi connectivity index (χ0n) is 8.99. The molecule has 3 heterocycles. The number of ether oxygens (including phenoxy) is 1. The van der Waals surface area contributed by atoms with Gasteiger partial charge >= 0.3 is 0 Å². The highest BCUT2D eigenvalue weighted by molar-refractivity contribution is 5.70. The largest absolute Gasteiger partial charge is 0.493 e. The molecule has 0 bridgehead atoms. The topological polar surface area (TPSA) is 54.4 Å². The summed E-state index contributed by atoms with van der Waals surface area (Å²) in [6.45, 7) is 3.08. The third-order valence-corrected chi connectivity index (χ3v) is 3.10. The average molecular weight is 218 g/mol. The molecule has 0 saturated heterocycles. The van der Waals surface area contributed by atoms with E-state index in [1.807, 2.05) is 6.07 Å². The Morgan fingerprint density at radius 1 is 1.31 bits per heavy atom. The van der Waals surface area contributed by atoms with Crippen LogP contribution in [-0.4, -0.2) is 29.8 Å². The maximum absolute atomic E-state index is 9.48. The fourth-order valence-corrected chi connectivity index (χ4v) is 2.30. The molecule has 0 radical (unpaired) electrons. The van der Waals surface area contributed by atoms with Gasteiger partial charge in [0.05, 0.1) is 18.9 Å². The molecule has 4 heteroatoms. The van der Waals surface area contributed by atoms with E-state index in [-0.39, 0.29) is 5.88 Å². The highest BCUT2D eigenvalue weighted by atomic mass is 16.5. The lowest BCUT2D eigenvalue weighted by Gasteiger charge is -2.19. The molecular weight excluding hydrogens is 204 g/mol. The lowest BCUT2D eigenvalue weighted by molar-refractivity contribution is 0.142. The second-order valence-corrected chi connectivity index (χ2v) is 4.18. The lowest BCUT2D eigenvalue weighted by Crippen LogP contribution is -2.26. The molecule has 84 valence electrons. The Kier molecular flexibility index (Phi) is 2.38. The summed E-state index contributed by atoms with van der Waals surface area (Å²) >= 11 is 0. The quantitative estimate of drug-likeness (QED) is 0.683. The molecule has 3 rings (SSSR count). The SMILES string of the molecule is Oc1ccc2c(n1)C1=C(CNCC1)COC2. The Balaban J connectivity index is 2.15. The highest BCUT2D eigenvalue weighted by Gasteiger charge is 2.21. The van der Waals surface area contributed by atoms with Crippen molar-refractivity contribution < 1.29 is 9.84 Å². The van der Waals surface area contributed by atoms with Gasteiger partial charge in [-0.1, -0.05) is 0 Å². The minimum absolute atomic E-state index is 0.0889. The monoisotopic (exact) mass is 218 g/mol. The summed E-state index contributed by atoms with van der Waals surface area (Å²) in [5, 5.41) is 12.8. The van der Waals surface area contributed by atoms with Gasteiger partial charge in [0.25, 0.3) is 0 Å². The first kappa shape index (κ1) is 9.81. The molecule has 0 aliphatic carbocycles. The molecule has 0 saturated carbocycles. The zero-order chi connectivity index (χ0) is 11.0. The van der Waals surface area contributed by atoms with Gasteiger partial charge in [-0.25, -0.2) is 4.98 Å². The van der Waals surface area contributed by atoms with Gasteiger partial charge in [0, 0.05) is 18.2 Å². The molecule has 4 nitrogen and oxygen atoms in total. The van der Waals surface area contributed by atoms with E-state index < -0.39 is 0 Å². The molecule has 0 amide bonds. The number of hydrogen-bond donors (Lipinski definition) is 2. The predicted octanol–water partition coefficient (Wildman–Crippen LogP) is 1.06. The maximum atomic E-state index is 9.48. The van der Waals surface area contributed by atoms with Crippen molar-refractivity contribution in [1.82, 2.24) is 10.3 Å². The van der Waals surface area contributed by atoms with Gasteiger partial charge in [-0.05, 0) is 30.2 Å². The number of aromatic hydroxyl groups is 1. The molecule has 2 N–H and O–H groups in total. The number of nitrogens with zero attached hydrogens (tertiary/aromatic N) is 1. The average Bonchev–Trinajstić information content (AvgIpc) is 2.48. The molecule has 0 spiro atoms. The fourth-order valence-electron chi connectivity index (χ4n) is 2.30. The van der Waals surface area contributed by atoms with E-state index in [2.05, 4.69) is 10.3 Å². The normalized spacial score (nSPS) is 20.0. The lowest BCUT2D eigenvalue weighted by atomic mass is 9.96. The first-order chi connectivity index (χ1) is 7.84. The highest BCUT2D eigenvalue weighted by Crippen LogP contribution is 2.30. The number of rotatable bonds is 0. The molecule has 0 atom stereocenters. The molecule has 0 aromatic carbocycles. The Morgan fingerprint density at radius 3 is 3.19 bits per heavy atom. The Hall–Kier alpha value is -1.39. The smallest absolute Gasteiger partial charge is 0.211 e. The van der Waals surface area contributed by atoms with Crippen LogP contribution in [0.2, 0.25) is 0 Å². The third-order valence-electron chi connectivity index (χ3n) is 3.10. The number of aromatic nitrogens is 1. The Bertz CT molecular complexity index is 454. The molecule has 2 aliphatic heterocycles. The molecule has 16 heavy (non-hydrogen) atoms. The summed E-state index contributed by atoms with van der Waals surface area (Å²) in [6, 6.07) is 3.52. The van der Waals surface area contributed by atoms with Crippen LogP contribution in [0.25, 0.3) is 5.57 Å². The van der Waals surface area contributed by atoms with Crippen molar-refractivity contribution in [1.29, 1.82) is 0 Å². The standard InChI is InChI=1S/C12H14N2O2/c15-11-2-1-8-6-16-7-9-5-13-4-3-10(9)12(8)14-11/h1-2,13H,3-7H2,(H,14,15). The maximum Gasteiger partial charge on any atom is 0.211 e. The van der Waals surface area contributed by atoms with Crippen LogP contribution in [0.5, 0.6) is 5.88 Å². The van der Waals surface area contributed by atoms with Crippen LogP contribution in [0.1, 0.15) is 17.7 Å². The summed E-state index contributed by atoms with van der Waals surface area (Å²) in [4.78, 5) is 4.25. The Labute approximate surface area is 94.0 Å². The van der Waals surface area contributed by atoms with Gasteiger partial charge in [0.1, 0.15) is 0 Å². The summed E-state index contributed by atoms with van der Waals surface area (Å²) in [5.41, 5.74) is 4.52. The predicted molar refractivity (Wildman–Crippen MR) is 60.0 cm³/mol. The molecule has 0 fully saturated rings. The summed E-state index contributed by atoms with van der Waals surface area (Å²) < 4.78 is 5.61. The second kappa shape index (κ2) is 3.88. The van der Waals surface area contributed by atoms with Gasteiger partial charge < -0.3 is 15.2 Å². The molecule has 0 unspecified atom stereocenters. The van der Waals surface area contributed by atoms with Crippen molar-refractivity contribution in [2.24, 2.45) is 0 Å². The van der Waals surface area contributed by atoms with Gasteiger partial charge in [-0.15, -0.1) is 0 Å². The number of fused-ring (bicyclic) bond motifs is 2. The van der Waals surface area contributed by atoms with E-state index in [0.717, 1.165) is 30.8 Å². The second-order valence-electron chi connectivity index (χ2n) is 4.18. The van der Waals surface area contributed by atoms with E-state index in [1.165, 1.54) is 11.1 Å². The molecule has 1 aromatic rings. The van der Waals surface area contributed by atoms with Crippen LogP contribution in [0.15, 0.2) is 17.7 Å². The molecular formula is C12H14N2O2. The van der Waals surface area contributed by atoms with Crippen molar-refractivity contribution in [3.63, 3.8) is 0 Å². The Morgan fingerprint density at radius 2 is 2.25 bits per heavy atom. The van der Waals surface area contributed by atoms with Crippen molar-refractivity contribution in [2.75, 3.05) is 19.7 Å². The number of pyridine rings is 1. The fraction of sp³-hybridized carbons (Fsp3) is 0.417. The van der Waals surface area contributed by atoms with Gasteiger partial charge in [-0.2, -0.15) is 0 Å². The molecule has 1 aromatic heterocycles. The van der Waals surface area contributed by atoms with Crippen LogP contribution in [0.4, 0.5) is 0 Å². The van der Waals surface area contributed by atoms with Gasteiger partial charge in [0.2, 0.25) is 5.88 Å². The zero-order valence-corrected chi connectivity index (χ0v) is 8.99. The van der Waals surface area contributed by atoms with Crippen molar-refractivity contribution in [3.8, 4) is 5.88 Å². The first-order valence-electron chi connectivity index (χ1n) is 5.53. The van der Waals surface area contributed by atoms with Crippen LogP contribution in [0.3, 0.4) is 0 Å². The third kappa shape index (κ3) is 1.60. The van der Waals surface area contributed by atoms with Crippen LogP contribution >= 0.6 is 0 Å². The summed E-state index contributed by atoms with van der Waals surface area (Å²) in [5.74, 6) is 0.0889. The van der Waals surface area contributed by atoms with E-state index in [0.29, 0.717) is 13.2 Å². The minimum atomic E-state index is 0.0889. The van der Waals surface area contributed by atoms with Crippen molar-refractivity contribution in [2.45, 2.75) is 13.0 Å². The number of hydrogen-bond acceptors (Lipinski definition) is 4. The van der Waals surface area contributed by atoms with Crippen LogP contribution < -0.4 is 5.32 Å². The van der Waals surface area contributed by atoms with Crippen molar-refractivity contribution in [3.05, 3.63) is 29.0 Å². The van der Waals surface area contributed by atoms with Crippen LogP contribution in [0, 0.1) is 0 Å². The summed E-state index contributed by atoms with van der Waals surface area (Å²) in [7, 11) is 0. The van der Waals surface area contributed by atoms with E-state index in [4.69, 9.17) is 4.74 Å². The van der Waals surface area contributed by atoms with Crippen LogP contribution in [-0.2, 0) is 11.3 Å². The van der Waals surface area contributed by atoms with E-state index in [9.17, 15) is 5.11 Å². The van der Waals surface area contributed by atoms with Gasteiger partial charge in [0.15, 0.2) is 0 Å². The van der Waals surface area contributed by atoms with E-state index >= 15 is 0 Å².